The summed E-state index contributed by atoms with van der Waals surface area (Å²) in [6.45, 7) is 3.79. The lowest BCUT2D eigenvalue weighted by atomic mass is 10.1. The zero-order valence-electron chi connectivity index (χ0n) is 11.2. The number of rotatable bonds is 3. The quantitative estimate of drug-likeness (QED) is 0.799. The van der Waals surface area contributed by atoms with Gasteiger partial charge in [-0.3, -0.25) is 4.79 Å². The van der Waals surface area contributed by atoms with Crippen molar-refractivity contribution in [1.82, 2.24) is 4.90 Å². The number of carbonyl (C=O) groups is 1. The van der Waals surface area contributed by atoms with Crippen molar-refractivity contribution in [1.29, 1.82) is 0 Å². The molecule has 2 rings (SSSR count). The zero-order chi connectivity index (χ0) is 13.8. The maximum absolute atomic E-state index is 12.6. The molecule has 1 aromatic carbocycles. The fourth-order valence-corrected chi connectivity index (χ4v) is 2.55. The van der Waals surface area contributed by atoms with Crippen LogP contribution < -0.4 is 4.74 Å². The SMILES string of the molecule is COc1ccc(C)cc1C(=O)N1CCOC(CBr)C1. The van der Waals surface area contributed by atoms with Gasteiger partial charge >= 0.3 is 0 Å². The minimum absolute atomic E-state index is 0.00907. The maximum Gasteiger partial charge on any atom is 0.257 e. The van der Waals surface area contributed by atoms with Crippen molar-refractivity contribution in [2.75, 3.05) is 32.1 Å². The number of aryl methyl sites for hydroxylation is 1. The number of hydrogen-bond donors (Lipinski definition) is 0. The Balaban J connectivity index is 2.21. The van der Waals surface area contributed by atoms with Crippen LogP contribution in [0.4, 0.5) is 0 Å². The predicted octanol–water partition coefficient (Wildman–Crippen LogP) is 2.24. The number of benzene rings is 1. The lowest BCUT2D eigenvalue weighted by molar-refractivity contribution is -0.00975. The fraction of sp³-hybridized carbons (Fsp3) is 0.500. The highest BCUT2D eigenvalue weighted by atomic mass is 79.9. The van der Waals surface area contributed by atoms with E-state index < -0.39 is 0 Å². The molecule has 4 nitrogen and oxygen atoms in total. The highest BCUT2D eigenvalue weighted by molar-refractivity contribution is 9.09. The van der Waals surface area contributed by atoms with Gasteiger partial charge in [-0.15, -0.1) is 0 Å². The minimum Gasteiger partial charge on any atom is -0.496 e. The molecule has 0 spiro atoms. The van der Waals surface area contributed by atoms with Gasteiger partial charge in [0.2, 0.25) is 0 Å². The number of nitrogens with zero attached hydrogens (tertiary/aromatic N) is 1. The first-order chi connectivity index (χ1) is 9.15. The van der Waals surface area contributed by atoms with Crippen molar-refractivity contribution >= 4 is 21.8 Å². The second-order valence-electron chi connectivity index (χ2n) is 4.60. The van der Waals surface area contributed by atoms with Crippen molar-refractivity contribution in [3.05, 3.63) is 29.3 Å². The summed E-state index contributed by atoms with van der Waals surface area (Å²) in [5.41, 5.74) is 1.67. The monoisotopic (exact) mass is 327 g/mol. The topological polar surface area (TPSA) is 38.8 Å². The molecular weight excluding hydrogens is 310 g/mol. The van der Waals surface area contributed by atoms with Crippen LogP contribution in [0.1, 0.15) is 15.9 Å². The molecule has 1 aliphatic rings. The van der Waals surface area contributed by atoms with Gasteiger partial charge in [-0.2, -0.15) is 0 Å². The molecule has 0 aliphatic carbocycles. The van der Waals surface area contributed by atoms with Crippen LogP contribution in [0.2, 0.25) is 0 Å². The third-order valence-electron chi connectivity index (χ3n) is 3.18. The molecule has 1 amide bonds. The molecular formula is C14H18BrNO3. The molecule has 1 saturated heterocycles. The van der Waals surface area contributed by atoms with Gasteiger partial charge in [0.1, 0.15) is 5.75 Å². The van der Waals surface area contributed by atoms with Crippen LogP contribution in [0.3, 0.4) is 0 Å². The smallest absolute Gasteiger partial charge is 0.257 e. The van der Waals surface area contributed by atoms with Crippen LogP contribution in [0.15, 0.2) is 18.2 Å². The van der Waals surface area contributed by atoms with Crippen molar-refractivity contribution in [2.45, 2.75) is 13.0 Å². The van der Waals surface area contributed by atoms with E-state index in [0.717, 1.165) is 10.9 Å². The number of halogens is 1. The van der Waals surface area contributed by atoms with E-state index in [-0.39, 0.29) is 12.0 Å². The lowest BCUT2D eigenvalue weighted by Gasteiger charge is -2.32. The standard InChI is InChI=1S/C14H18BrNO3/c1-10-3-4-13(18-2)12(7-10)14(17)16-5-6-19-11(8-15)9-16/h3-4,7,11H,5-6,8-9H2,1-2H3. The number of alkyl halides is 1. The molecule has 0 bridgehead atoms. The first-order valence-electron chi connectivity index (χ1n) is 6.27. The molecule has 0 saturated carbocycles. The van der Waals surface area contributed by atoms with Gasteiger partial charge < -0.3 is 14.4 Å². The normalized spacial score (nSPS) is 19.3. The van der Waals surface area contributed by atoms with Gasteiger partial charge in [0, 0.05) is 18.4 Å². The van der Waals surface area contributed by atoms with Crippen molar-refractivity contribution in [3.63, 3.8) is 0 Å². The summed E-state index contributed by atoms with van der Waals surface area (Å²) < 4.78 is 10.8. The third-order valence-corrected chi connectivity index (χ3v) is 3.91. The van der Waals surface area contributed by atoms with E-state index in [2.05, 4.69) is 15.9 Å². The summed E-state index contributed by atoms with van der Waals surface area (Å²) in [7, 11) is 1.59. The molecule has 5 heteroatoms. The Kier molecular flexibility index (Phi) is 4.82. The van der Waals surface area contributed by atoms with Crippen LogP contribution in [0.25, 0.3) is 0 Å². The predicted molar refractivity (Wildman–Crippen MR) is 77.2 cm³/mol. The van der Waals surface area contributed by atoms with E-state index in [1.807, 2.05) is 30.0 Å². The average molecular weight is 328 g/mol. The molecule has 0 aromatic heterocycles. The minimum atomic E-state index is 0.00907. The highest BCUT2D eigenvalue weighted by Gasteiger charge is 2.26. The van der Waals surface area contributed by atoms with E-state index in [9.17, 15) is 4.79 Å². The molecule has 0 N–H and O–H groups in total. The molecule has 1 fully saturated rings. The van der Waals surface area contributed by atoms with Crippen LogP contribution >= 0.6 is 15.9 Å². The van der Waals surface area contributed by atoms with Crippen LogP contribution in [-0.4, -0.2) is 49.0 Å². The number of ether oxygens (including phenoxy) is 2. The number of hydrogen-bond acceptors (Lipinski definition) is 3. The van der Waals surface area contributed by atoms with Gasteiger partial charge in [0.05, 0.1) is 25.4 Å². The summed E-state index contributed by atoms with van der Waals surface area (Å²) in [4.78, 5) is 14.4. The Labute approximate surface area is 121 Å². The molecule has 19 heavy (non-hydrogen) atoms. The molecule has 1 aromatic rings. The summed E-state index contributed by atoms with van der Waals surface area (Å²) in [6.07, 6.45) is 0.0634. The molecule has 104 valence electrons. The number of amides is 1. The average Bonchev–Trinajstić information content (AvgIpc) is 2.46. The largest absolute Gasteiger partial charge is 0.496 e. The fourth-order valence-electron chi connectivity index (χ4n) is 2.16. The second-order valence-corrected chi connectivity index (χ2v) is 5.25. The number of carbonyl (C=O) groups excluding carboxylic acids is 1. The van der Waals surface area contributed by atoms with Crippen LogP contribution in [0, 0.1) is 6.92 Å². The lowest BCUT2D eigenvalue weighted by Crippen LogP contribution is -2.46. The summed E-state index contributed by atoms with van der Waals surface area (Å²) in [6, 6.07) is 5.65. The van der Waals surface area contributed by atoms with Crippen molar-refractivity contribution in [2.24, 2.45) is 0 Å². The van der Waals surface area contributed by atoms with Crippen molar-refractivity contribution < 1.29 is 14.3 Å². The summed E-state index contributed by atoms with van der Waals surface area (Å²) in [5, 5.41) is 0.738. The van der Waals surface area contributed by atoms with E-state index in [0.29, 0.717) is 31.0 Å². The summed E-state index contributed by atoms with van der Waals surface area (Å²) >= 11 is 3.40. The van der Waals surface area contributed by atoms with E-state index in [4.69, 9.17) is 9.47 Å². The number of morpholine rings is 1. The Morgan fingerprint density at radius 2 is 2.37 bits per heavy atom. The molecule has 1 atom stereocenters. The highest BCUT2D eigenvalue weighted by Crippen LogP contribution is 2.22. The first kappa shape index (κ1) is 14.3. The molecule has 0 radical (unpaired) electrons. The van der Waals surface area contributed by atoms with Gasteiger partial charge in [-0.1, -0.05) is 27.6 Å². The van der Waals surface area contributed by atoms with E-state index in [1.54, 1.807) is 7.11 Å². The van der Waals surface area contributed by atoms with Gasteiger partial charge in [-0.05, 0) is 19.1 Å². The molecule has 1 unspecified atom stereocenters. The third kappa shape index (κ3) is 3.28. The Morgan fingerprint density at radius 3 is 3.05 bits per heavy atom. The zero-order valence-corrected chi connectivity index (χ0v) is 12.8. The molecule has 1 heterocycles. The van der Waals surface area contributed by atoms with Gasteiger partial charge in [0.15, 0.2) is 0 Å². The maximum atomic E-state index is 12.6. The van der Waals surface area contributed by atoms with Gasteiger partial charge in [0.25, 0.3) is 5.91 Å². The number of methoxy groups -OCH3 is 1. The first-order valence-corrected chi connectivity index (χ1v) is 7.39. The van der Waals surface area contributed by atoms with E-state index in [1.165, 1.54) is 0 Å². The van der Waals surface area contributed by atoms with Crippen LogP contribution in [-0.2, 0) is 4.74 Å². The Morgan fingerprint density at radius 1 is 1.58 bits per heavy atom. The van der Waals surface area contributed by atoms with Crippen LogP contribution in [0.5, 0.6) is 5.75 Å². The Bertz CT molecular complexity index is 464. The van der Waals surface area contributed by atoms with Crippen molar-refractivity contribution in [3.8, 4) is 5.75 Å². The van der Waals surface area contributed by atoms with E-state index >= 15 is 0 Å². The summed E-state index contributed by atoms with van der Waals surface area (Å²) in [5.74, 6) is 0.632. The second kappa shape index (κ2) is 6.39. The Hall–Kier alpha value is -1.07. The molecule has 1 aliphatic heterocycles. The van der Waals surface area contributed by atoms with Gasteiger partial charge in [-0.25, -0.2) is 0 Å².